The van der Waals surface area contributed by atoms with E-state index in [2.05, 4.69) is 20.4 Å². The first-order valence-electron chi connectivity index (χ1n) is 8.45. The van der Waals surface area contributed by atoms with Crippen LogP contribution in [0.25, 0.3) is 0 Å². The molecule has 0 aliphatic heterocycles. The highest BCUT2D eigenvalue weighted by Crippen LogP contribution is 2.41. The van der Waals surface area contributed by atoms with Gasteiger partial charge in [0.05, 0.1) is 0 Å². The molecule has 2 fully saturated rings. The molecule has 4 rings (SSSR count). The summed E-state index contributed by atoms with van der Waals surface area (Å²) in [6.45, 7) is 4.09. The van der Waals surface area contributed by atoms with Crippen LogP contribution in [0, 0.1) is 5.92 Å². The minimum Gasteiger partial charge on any atom is -0.357 e. The van der Waals surface area contributed by atoms with Crippen LogP contribution in [-0.4, -0.2) is 21.0 Å². The molecule has 2 saturated carbocycles. The van der Waals surface area contributed by atoms with E-state index in [0.717, 1.165) is 24.2 Å². The summed E-state index contributed by atoms with van der Waals surface area (Å²) in [6, 6.07) is 1.74. The minimum absolute atomic E-state index is 0.0956. The highest BCUT2D eigenvalue weighted by atomic mass is 16.5. The Hall–Kier alpha value is -2.11. The molecule has 2 aliphatic carbocycles. The molecular formula is C17H22N4O2. The van der Waals surface area contributed by atoms with Crippen molar-refractivity contribution < 1.29 is 9.32 Å². The van der Waals surface area contributed by atoms with Gasteiger partial charge < -0.3 is 14.8 Å². The summed E-state index contributed by atoms with van der Waals surface area (Å²) >= 11 is 0. The quantitative estimate of drug-likeness (QED) is 0.857. The first kappa shape index (κ1) is 14.5. The van der Waals surface area contributed by atoms with Crippen molar-refractivity contribution in [3.63, 3.8) is 0 Å². The monoisotopic (exact) mass is 314 g/mol. The van der Waals surface area contributed by atoms with Gasteiger partial charge in [0.15, 0.2) is 5.82 Å². The Morgan fingerprint density at radius 1 is 1.30 bits per heavy atom. The van der Waals surface area contributed by atoms with Crippen LogP contribution < -0.4 is 5.32 Å². The SMILES string of the molecule is CC(C)C(NC(=O)c1[nH]ccc1C1CC1)c1nc(C2CC2)no1. The van der Waals surface area contributed by atoms with Crippen LogP contribution in [0.15, 0.2) is 16.8 Å². The molecule has 2 aromatic heterocycles. The van der Waals surface area contributed by atoms with E-state index in [1.165, 1.54) is 12.8 Å². The predicted molar refractivity (Wildman–Crippen MR) is 84.1 cm³/mol. The number of nitrogens with zero attached hydrogens (tertiary/aromatic N) is 2. The second-order valence-corrected chi connectivity index (χ2v) is 7.04. The lowest BCUT2D eigenvalue weighted by Gasteiger charge is -2.18. The number of hydrogen-bond acceptors (Lipinski definition) is 4. The zero-order valence-electron chi connectivity index (χ0n) is 13.5. The molecule has 1 unspecified atom stereocenters. The Bertz CT molecular complexity index is 710. The summed E-state index contributed by atoms with van der Waals surface area (Å²) < 4.78 is 5.41. The highest BCUT2D eigenvalue weighted by molar-refractivity contribution is 5.94. The molecule has 2 aromatic rings. The van der Waals surface area contributed by atoms with Crippen LogP contribution in [0.3, 0.4) is 0 Å². The van der Waals surface area contributed by atoms with Gasteiger partial charge in [0.25, 0.3) is 5.91 Å². The maximum absolute atomic E-state index is 12.7. The maximum atomic E-state index is 12.7. The highest BCUT2D eigenvalue weighted by Gasteiger charge is 2.33. The van der Waals surface area contributed by atoms with E-state index in [1.807, 2.05) is 26.1 Å². The predicted octanol–water partition coefficient (Wildman–Crippen LogP) is 3.28. The van der Waals surface area contributed by atoms with Crippen molar-refractivity contribution in [1.82, 2.24) is 20.4 Å². The number of rotatable bonds is 6. The lowest BCUT2D eigenvalue weighted by Crippen LogP contribution is -2.32. The number of carbonyl (C=O) groups is 1. The first-order valence-corrected chi connectivity index (χ1v) is 8.45. The van der Waals surface area contributed by atoms with Crippen molar-refractivity contribution >= 4 is 5.91 Å². The van der Waals surface area contributed by atoms with E-state index >= 15 is 0 Å². The molecule has 2 N–H and O–H groups in total. The van der Waals surface area contributed by atoms with Gasteiger partial charge in [-0.3, -0.25) is 4.79 Å². The van der Waals surface area contributed by atoms with E-state index in [-0.39, 0.29) is 17.9 Å². The van der Waals surface area contributed by atoms with Gasteiger partial charge in [-0.1, -0.05) is 19.0 Å². The summed E-state index contributed by atoms with van der Waals surface area (Å²) in [5.74, 6) is 2.34. The van der Waals surface area contributed by atoms with E-state index in [4.69, 9.17) is 4.52 Å². The number of aromatic amines is 1. The van der Waals surface area contributed by atoms with Crippen LogP contribution in [0.1, 0.15) is 85.2 Å². The van der Waals surface area contributed by atoms with Gasteiger partial charge in [-0.15, -0.1) is 0 Å². The summed E-state index contributed by atoms with van der Waals surface area (Å²) in [6.07, 6.45) is 6.43. The number of aromatic nitrogens is 3. The molecule has 0 spiro atoms. The molecule has 0 aromatic carbocycles. The molecule has 2 heterocycles. The van der Waals surface area contributed by atoms with Crippen molar-refractivity contribution in [2.75, 3.05) is 0 Å². The van der Waals surface area contributed by atoms with E-state index in [9.17, 15) is 4.79 Å². The summed E-state index contributed by atoms with van der Waals surface area (Å²) in [5.41, 5.74) is 1.79. The average Bonchev–Trinajstić information content (AvgIpc) is 3.46. The van der Waals surface area contributed by atoms with Gasteiger partial charge in [0.1, 0.15) is 11.7 Å². The molecule has 1 amide bonds. The Balaban J connectivity index is 1.52. The standard InChI is InChI=1S/C17H22N4O2/c1-9(2)13(17-20-15(21-23-17)11-5-6-11)19-16(22)14-12(7-8-18-14)10-3-4-10/h7-11,13,18H,3-6H2,1-2H3,(H,19,22). The fourth-order valence-electron chi connectivity index (χ4n) is 2.92. The Morgan fingerprint density at radius 3 is 2.70 bits per heavy atom. The number of carbonyl (C=O) groups excluding carboxylic acids is 1. The Morgan fingerprint density at radius 2 is 2.04 bits per heavy atom. The summed E-state index contributed by atoms with van der Waals surface area (Å²) in [7, 11) is 0. The van der Waals surface area contributed by atoms with E-state index < -0.39 is 0 Å². The molecule has 2 aliphatic rings. The number of nitrogens with one attached hydrogen (secondary N) is 2. The molecule has 1 atom stereocenters. The van der Waals surface area contributed by atoms with Crippen LogP contribution >= 0.6 is 0 Å². The van der Waals surface area contributed by atoms with Crippen molar-refractivity contribution in [2.24, 2.45) is 5.92 Å². The fourth-order valence-corrected chi connectivity index (χ4v) is 2.92. The van der Waals surface area contributed by atoms with Crippen LogP contribution in [0.5, 0.6) is 0 Å². The third-order valence-electron chi connectivity index (χ3n) is 4.64. The average molecular weight is 314 g/mol. The minimum atomic E-state index is -0.266. The molecule has 0 saturated heterocycles. The lowest BCUT2D eigenvalue weighted by atomic mass is 10.0. The van der Waals surface area contributed by atoms with E-state index in [0.29, 0.717) is 23.4 Å². The number of amides is 1. The van der Waals surface area contributed by atoms with Gasteiger partial charge in [-0.05, 0) is 49.1 Å². The van der Waals surface area contributed by atoms with Gasteiger partial charge in [-0.25, -0.2) is 0 Å². The third-order valence-corrected chi connectivity index (χ3v) is 4.64. The smallest absolute Gasteiger partial charge is 0.268 e. The van der Waals surface area contributed by atoms with Crippen molar-refractivity contribution in [3.05, 3.63) is 35.2 Å². The van der Waals surface area contributed by atoms with Crippen LogP contribution in [-0.2, 0) is 0 Å². The van der Waals surface area contributed by atoms with Crippen molar-refractivity contribution in [3.8, 4) is 0 Å². The maximum Gasteiger partial charge on any atom is 0.268 e. The lowest BCUT2D eigenvalue weighted by molar-refractivity contribution is 0.0908. The van der Waals surface area contributed by atoms with Gasteiger partial charge in [-0.2, -0.15) is 4.98 Å². The zero-order valence-corrected chi connectivity index (χ0v) is 13.5. The molecule has 0 radical (unpaired) electrons. The fraction of sp³-hybridized carbons (Fsp3) is 0.588. The second-order valence-electron chi connectivity index (χ2n) is 7.04. The molecule has 23 heavy (non-hydrogen) atoms. The molecule has 0 bridgehead atoms. The topological polar surface area (TPSA) is 83.8 Å². The molecule has 122 valence electrons. The summed E-state index contributed by atoms with van der Waals surface area (Å²) in [5, 5.41) is 7.13. The van der Waals surface area contributed by atoms with Crippen LogP contribution in [0.2, 0.25) is 0 Å². The van der Waals surface area contributed by atoms with Crippen LogP contribution in [0.4, 0.5) is 0 Å². The summed E-state index contributed by atoms with van der Waals surface area (Å²) in [4.78, 5) is 20.2. The van der Waals surface area contributed by atoms with Gasteiger partial charge >= 0.3 is 0 Å². The first-order chi connectivity index (χ1) is 11.1. The van der Waals surface area contributed by atoms with Crippen molar-refractivity contribution in [2.45, 2.75) is 57.4 Å². The Labute approximate surface area is 135 Å². The third kappa shape index (κ3) is 2.90. The normalized spacial score (nSPS) is 19.1. The van der Waals surface area contributed by atoms with Gasteiger partial charge in [0.2, 0.25) is 5.89 Å². The van der Waals surface area contributed by atoms with E-state index in [1.54, 1.807) is 0 Å². The Kier molecular flexibility index (Phi) is 3.47. The second kappa shape index (κ2) is 5.51. The largest absolute Gasteiger partial charge is 0.357 e. The van der Waals surface area contributed by atoms with Gasteiger partial charge in [0, 0.05) is 12.1 Å². The molecule has 6 nitrogen and oxygen atoms in total. The van der Waals surface area contributed by atoms with Crippen molar-refractivity contribution in [1.29, 1.82) is 0 Å². The number of hydrogen-bond donors (Lipinski definition) is 2. The number of H-pyrrole nitrogens is 1. The molecular weight excluding hydrogens is 292 g/mol. The molecule has 6 heteroatoms. The zero-order chi connectivity index (χ0) is 16.0.